The molecule has 56 valence electrons. The van der Waals surface area contributed by atoms with Crippen LogP contribution in [0.5, 0.6) is 0 Å². The summed E-state index contributed by atoms with van der Waals surface area (Å²) < 4.78 is 0. The third kappa shape index (κ3) is 1.09. The van der Waals surface area contributed by atoms with Gasteiger partial charge < -0.3 is 0 Å². The number of nitrogens with two attached hydrogens (primary N) is 2. The maximum Gasteiger partial charge on any atom is 0.0630 e. The molecule has 0 radical (unpaired) electrons. The van der Waals surface area contributed by atoms with Gasteiger partial charge in [0.05, 0.1) is 11.4 Å². The summed E-state index contributed by atoms with van der Waals surface area (Å²) in [5.74, 6) is 10.8. The van der Waals surface area contributed by atoms with E-state index in [1.54, 1.807) is 0 Å². The largest absolute Gasteiger partial charge is 0.226 e. The normalized spacial score (nSPS) is 18.8. The number of rotatable bonds is 0. The Labute approximate surface area is 59.5 Å². The van der Waals surface area contributed by atoms with Crippen LogP contribution in [0.4, 0.5) is 0 Å². The second-order valence-electron chi connectivity index (χ2n) is 2.19. The van der Waals surface area contributed by atoms with E-state index < -0.39 is 0 Å². The van der Waals surface area contributed by atoms with E-state index in [0.717, 1.165) is 16.6 Å². The van der Waals surface area contributed by atoms with Gasteiger partial charge in [-0.1, -0.05) is 0 Å². The molecule has 10 heavy (non-hydrogen) atoms. The topological polar surface area (TPSA) is 70.9 Å². The van der Waals surface area contributed by atoms with Crippen LogP contribution in [0.3, 0.4) is 0 Å². The van der Waals surface area contributed by atoms with Crippen LogP contribution in [0.2, 0.25) is 0 Å². The fourth-order valence-electron chi connectivity index (χ4n) is 0.769. The third-order valence-electron chi connectivity index (χ3n) is 1.26. The summed E-state index contributed by atoms with van der Waals surface area (Å²) in [5.41, 5.74) is 1.72. The van der Waals surface area contributed by atoms with E-state index in [0.29, 0.717) is 0 Å². The molecule has 5 nitrogen and oxygen atoms in total. The van der Waals surface area contributed by atoms with E-state index in [9.17, 15) is 0 Å². The van der Waals surface area contributed by atoms with E-state index in [1.165, 1.54) is 5.12 Å². The molecular formula is C5H11N5. The molecule has 0 saturated carbocycles. The Morgan fingerprint density at radius 2 is 2.00 bits per heavy atom. The third-order valence-corrected chi connectivity index (χ3v) is 1.26. The van der Waals surface area contributed by atoms with Gasteiger partial charge in [0.1, 0.15) is 0 Å². The van der Waals surface area contributed by atoms with E-state index >= 15 is 0 Å². The fraction of sp³-hybridized carbons (Fsp3) is 0.400. The van der Waals surface area contributed by atoms with Crippen molar-refractivity contribution in [2.24, 2.45) is 16.8 Å². The van der Waals surface area contributed by atoms with Gasteiger partial charge in [-0.25, -0.2) is 11.7 Å². The highest BCUT2D eigenvalue weighted by Crippen LogP contribution is 2.05. The number of hydrogen-bond donors (Lipinski definition) is 2. The summed E-state index contributed by atoms with van der Waals surface area (Å²) in [6.45, 7) is 3.72. The summed E-state index contributed by atoms with van der Waals surface area (Å²) in [7, 11) is 0. The molecule has 0 unspecified atom stereocenters. The van der Waals surface area contributed by atoms with E-state index in [2.05, 4.69) is 5.10 Å². The van der Waals surface area contributed by atoms with Crippen LogP contribution < -0.4 is 11.7 Å². The SMILES string of the molecule is CC1=CC(C)=NN(N)N1N. The Kier molecular flexibility index (Phi) is 1.60. The molecule has 0 aliphatic carbocycles. The minimum absolute atomic E-state index is 0.849. The van der Waals surface area contributed by atoms with Crippen LogP contribution in [0.25, 0.3) is 0 Å². The molecule has 0 saturated heterocycles. The maximum absolute atomic E-state index is 5.44. The summed E-state index contributed by atoms with van der Waals surface area (Å²) in [6, 6.07) is 0. The zero-order valence-corrected chi connectivity index (χ0v) is 6.07. The highest BCUT2D eigenvalue weighted by molar-refractivity contribution is 5.93. The molecule has 1 aliphatic rings. The minimum Gasteiger partial charge on any atom is -0.226 e. The molecule has 0 spiro atoms. The van der Waals surface area contributed by atoms with Gasteiger partial charge in [-0.15, -0.1) is 10.3 Å². The Morgan fingerprint density at radius 3 is 2.50 bits per heavy atom. The molecule has 5 heteroatoms. The molecule has 0 aromatic rings. The predicted octanol–water partition coefficient (Wildman–Crippen LogP) is -0.454. The Balaban J connectivity index is 2.85. The van der Waals surface area contributed by atoms with Crippen molar-refractivity contribution >= 4 is 5.71 Å². The first-order valence-electron chi connectivity index (χ1n) is 2.94. The lowest BCUT2D eigenvalue weighted by Crippen LogP contribution is -2.49. The quantitative estimate of drug-likeness (QED) is 0.448. The van der Waals surface area contributed by atoms with E-state index in [1.807, 2.05) is 19.9 Å². The van der Waals surface area contributed by atoms with Crippen LogP contribution in [0.15, 0.2) is 16.9 Å². The Morgan fingerprint density at radius 1 is 1.40 bits per heavy atom. The number of hydrogen-bond acceptors (Lipinski definition) is 5. The van der Waals surface area contributed by atoms with Gasteiger partial charge in [-0.3, -0.25) is 0 Å². The lowest BCUT2D eigenvalue weighted by molar-refractivity contribution is 0.00536. The number of nitrogens with zero attached hydrogens (tertiary/aromatic N) is 3. The molecule has 0 bridgehead atoms. The molecule has 0 amide bonds. The van der Waals surface area contributed by atoms with Gasteiger partial charge in [0.15, 0.2) is 0 Å². The monoisotopic (exact) mass is 141 g/mol. The molecular weight excluding hydrogens is 130 g/mol. The van der Waals surface area contributed by atoms with Crippen molar-refractivity contribution in [2.75, 3.05) is 0 Å². The van der Waals surface area contributed by atoms with Crippen molar-refractivity contribution in [3.05, 3.63) is 11.8 Å². The van der Waals surface area contributed by atoms with Gasteiger partial charge in [0.25, 0.3) is 0 Å². The lowest BCUT2D eigenvalue weighted by atomic mass is 10.3. The molecule has 1 heterocycles. The first kappa shape index (κ1) is 7.04. The van der Waals surface area contributed by atoms with Crippen molar-refractivity contribution in [3.63, 3.8) is 0 Å². The second-order valence-corrected chi connectivity index (χ2v) is 2.19. The molecule has 0 atom stereocenters. The zero-order chi connectivity index (χ0) is 7.72. The van der Waals surface area contributed by atoms with Crippen molar-refractivity contribution < 1.29 is 0 Å². The number of hydrazone groups is 1. The number of hydrazine groups is 3. The summed E-state index contributed by atoms with van der Waals surface area (Å²) in [4.78, 5) is 0. The zero-order valence-electron chi connectivity index (χ0n) is 6.07. The van der Waals surface area contributed by atoms with Gasteiger partial charge in [0, 0.05) is 0 Å². The first-order chi connectivity index (χ1) is 4.61. The van der Waals surface area contributed by atoms with Gasteiger partial charge in [-0.05, 0) is 19.9 Å². The number of allylic oxidation sites excluding steroid dienone is 2. The predicted molar refractivity (Wildman–Crippen MR) is 38.9 cm³/mol. The van der Waals surface area contributed by atoms with Crippen molar-refractivity contribution in [1.82, 2.24) is 10.3 Å². The van der Waals surface area contributed by atoms with E-state index in [-0.39, 0.29) is 0 Å². The highest BCUT2D eigenvalue weighted by atomic mass is 16.0. The Hall–Kier alpha value is -1.07. The van der Waals surface area contributed by atoms with Crippen LogP contribution >= 0.6 is 0 Å². The lowest BCUT2D eigenvalue weighted by Gasteiger charge is -2.28. The average molecular weight is 141 g/mol. The summed E-state index contributed by atoms with van der Waals surface area (Å²) in [6.07, 6.45) is 1.85. The standard InChI is InChI=1S/C5H11N5/c1-4-3-5(2)9(6)10(7)8-4/h3H,6-7H2,1-2H3. The molecule has 0 aromatic heterocycles. The minimum atomic E-state index is 0.849. The van der Waals surface area contributed by atoms with Crippen LogP contribution in [0.1, 0.15) is 13.8 Å². The first-order valence-corrected chi connectivity index (χ1v) is 2.94. The van der Waals surface area contributed by atoms with Crippen LogP contribution in [-0.4, -0.2) is 16.1 Å². The van der Waals surface area contributed by atoms with Crippen molar-refractivity contribution in [1.29, 1.82) is 0 Å². The van der Waals surface area contributed by atoms with Gasteiger partial charge in [0.2, 0.25) is 0 Å². The molecule has 1 aliphatic heterocycles. The summed E-state index contributed by atoms with van der Waals surface area (Å²) >= 11 is 0. The molecule has 0 aromatic carbocycles. The summed E-state index contributed by atoms with van der Waals surface area (Å²) in [5, 5.41) is 6.24. The van der Waals surface area contributed by atoms with Crippen molar-refractivity contribution in [3.8, 4) is 0 Å². The fourth-order valence-corrected chi connectivity index (χ4v) is 0.769. The van der Waals surface area contributed by atoms with Gasteiger partial charge in [-0.2, -0.15) is 5.12 Å². The van der Waals surface area contributed by atoms with E-state index in [4.69, 9.17) is 11.7 Å². The van der Waals surface area contributed by atoms with Crippen molar-refractivity contribution in [2.45, 2.75) is 13.8 Å². The second kappa shape index (κ2) is 2.28. The van der Waals surface area contributed by atoms with Gasteiger partial charge >= 0.3 is 0 Å². The molecule has 0 fully saturated rings. The van der Waals surface area contributed by atoms with Crippen LogP contribution in [0, 0.1) is 0 Å². The highest BCUT2D eigenvalue weighted by Gasteiger charge is 2.10. The molecule has 4 N–H and O–H groups in total. The maximum atomic E-state index is 5.44. The van der Waals surface area contributed by atoms with Crippen LogP contribution in [-0.2, 0) is 0 Å². The average Bonchev–Trinajstić information content (AvgIpc) is 1.82. The smallest absolute Gasteiger partial charge is 0.0630 e. The Bertz CT molecular complexity index is 194. The molecule has 1 rings (SSSR count).